The van der Waals surface area contributed by atoms with Crippen LogP contribution in [0.2, 0.25) is 0 Å². The molecule has 0 bridgehead atoms. The van der Waals surface area contributed by atoms with Crippen molar-refractivity contribution in [1.82, 2.24) is 14.5 Å². The minimum Gasteiger partial charge on any atom is -0.296 e. The summed E-state index contributed by atoms with van der Waals surface area (Å²) in [6, 6.07) is 4.71. The van der Waals surface area contributed by atoms with Crippen molar-refractivity contribution in [3.05, 3.63) is 29.3 Å². The van der Waals surface area contributed by atoms with Crippen LogP contribution in [-0.2, 0) is 10.0 Å². The SMILES string of the molecule is Cc1ccc(S(=O)(=O)N2CCCCC2)cc1C(=O)Nc1nnc(SCC(C)C)s1. The molecule has 3 rings (SSSR count). The Kier molecular flexibility index (Phi) is 7.31. The van der Waals surface area contributed by atoms with Gasteiger partial charge in [0.25, 0.3) is 5.91 Å². The van der Waals surface area contributed by atoms with Crippen molar-refractivity contribution in [2.45, 2.75) is 49.3 Å². The Bertz CT molecular complexity index is 967. The predicted molar refractivity (Wildman–Crippen MR) is 117 cm³/mol. The van der Waals surface area contributed by atoms with E-state index in [0.717, 1.165) is 29.4 Å². The fourth-order valence-corrected chi connectivity index (χ4v) is 6.25. The first-order valence-corrected chi connectivity index (χ1v) is 12.9. The highest BCUT2D eigenvalue weighted by atomic mass is 32.2. The summed E-state index contributed by atoms with van der Waals surface area (Å²) in [7, 11) is -3.59. The lowest BCUT2D eigenvalue weighted by atomic mass is 10.1. The summed E-state index contributed by atoms with van der Waals surface area (Å²) in [5.74, 6) is 1.09. The lowest BCUT2D eigenvalue weighted by molar-refractivity contribution is 0.102. The van der Waals surface area contributed by atoms with Crippen LogP contribution in [0.1, 0.15) is 49.0 Å². The van der Waals surface area contributed by atoms with E-state index in [1.807, 2.05) is 0 Å². The average Bonchev–Trinajstić information content (AvgIpc) is 3.14. The van der Waals surface area contributed by atoms with Crippen molar-refractivity contribution in [2.24, 2.45) is 5.92 Å². The van der Waals surface area contributed by atoms with Crippen molar-refractivity contribution >= 4 is 44.2 Å². The lowest BCUT2D eigenvalue weighted by Crippen LogP contribution is -2.35. The molecule has 1 aliphatic heterocycles. The molecule has 0 unspecified atom stereocenters. The van der Waals surface area contributed by atoms with Crippen molar-refractivity contribution in [1.29, 1.82) is 0 Å². The molecule has 7 nitrogen and oxygen atoms in total. The van der Waals surface area contributed by atoms with Crippen LogP contribution in [0.3, 0.4) is 0 Å². The Morgan fingerprint density at radius 2 is 1.97 bits per heavy atom. The minimum atomic E-state index is -3.59. The second kappa shape index (κ2) is 9.55. The normalized spacial score (nSPS) is 15.6. The standard InChI is InChI=1S/C19H26N4O3S3/c1-13(2)12-27-19-22-21-18(28-19)20-17(24)16-11-15(8-7-14(16)3)29(25,26)23-9-5-4-6-10-23/h7-8,11,13H,4-6,9-10,12H2,1-3H3,(H,20,21,24). The summed E-state index contributed by atoms with van der Waals surface area (Å²) in [6.07, 6.45) is 2.78. The van der Waals surface area contributed by atoms with Crippen LogP contribution in [0, 0.1) is 12.8 Å². The molecule has 0 atom stereocenters. The molecule has 1 fully saturated rings. The summed E-state index contributed by atoms with van der Waals surface area (Å²) in [4.78, 5) is 12.9. The average molecular weight is 455 g/mol. The molecule has 1 amide bonds. The molecule has 0 aliphatic carbocycles. The highest BCUT2D eigenvalue weighted by Crippen LogP contribution is 2.28. The molecule has 158 valence electrons. The number of piperidine rings is 1. The second-order valence-corrected chi connectivity index (χ2v) is 11.7. The number of hydrogen-bond acceptors (Lipinski definition) is 7. The third kappa shape index (κ3) is 5.56. The second-order valence-electron chi connectivity index (χ2n) is 7.47. The van der Waals surface area contributed by atoms with Crippen LogP contribution in [-0.4, -0.2) is 47.7 Å². The number of carbonyl (C=O) groups is 1. The molecular formula is C19H26N4O3S3. The summed E-state index contributed by atoms with van der Waals surface area (Å²) in [5, 5.41) is 11.3. The topological polar surface area (TPSA) is 92.3 Å². The quantitative estimate of drug-likeness (QED) is 0.502. The van der Waals surface area contributed by atoms with Gasteiger partial charge in [-0.2, -0.15) is 4.31 Å². The van der Waals surface area contributed by atoms with E-state index in [0.29, 0.717) is 35.3 Å². The van der Waals surface area contributed by atoms with Crippen LogP contribution >= 0.6 is 23.1 Å². The van der Waals surface area contributed by atoms with E-state index in [-0.39, 0.29) is 10.8 Å². The number of hydrogen-bond donors (Lipinski definition) is 1. The van der Waals surface area contributed by atoms with Gasteiger partial charge in [-0.05, 0) is 43.4 Å². The van der Waals surface area contributed by atoms with Gasteiger partial charge in [0.1, 0.15) is 0 Å². The highest BCUT2D eigenvalue weighted by Gasteiger charge is 2.27. The van der Waals surface area contributed by atoms with Crippen LogP contribution in [0.25, 0.3) is 0 Å². The van der Waals surface area contributed by atoms with Gasteiger partial charge < -0.3 is 0 Å². The fraction of sp³-hybridized carbons (Fsp3) is 0.526. The van der Waals surface area contributed by atoms with E-state index in [2.05, 4.69) is 29.4 Å². The molecule has 10 heteroatoms. The van der Waals surface area contributed by atoms with E-state index in [1.54, 1.807) is 30.8 Å². The van der Waals surface area contributed by atoms with Crippen LogP contribution in [0.5, 0.6) is 0 Å². The number of rotatable bonds is 7. The zero-order valence-electron chi connectivity index (χ0n) is 16.8. The first-order valence-electron chi connectivity index (χ1n) is 9.66. The molecule has 1 aromatic carbocycles. The third-order valence-electron chi connectivity index (χ3n) is 4.57. The maximum Gasteiger partial charge on any atom is 0.257 e. The van der Waals surface area contributed by atoms with E-state index in [1.165, 1.54) is 21.7 Å². The Hall–Kier alpha value is -1.49. The molecule has 0 radical (unpaired) electrons. The number of nitrogens with one attached hydrogen (secondary N) is 1. The van der Waals surface area contributed by atoms with Gasteiger partial charge in [0.15, 0.2) is 4.34 Å². The molecule has 1 N–H and O–H groups in total. The molecule has 2 aromatic rings. The lowest BCUT2D eigenvalue weighted by Gasteiger charge is -2.26. The van der Waals surface area contributed by atoms with Gasteiger partial charge in [0.2, 0.25) is 15.2 Å². The van der Waals surface area contributed by atoms with Gasteiger partial charge in [0.05, 0.1) is 4.90 Å². The fourth-order valence-electron chi connectivity index (χ4n) is 2.98. The van der Waals surface area contributed by atoms with Crippen molar-refractivity contribution in [3.8, 4) is 0 Å². The summed E-state index contributed by atoms with van der Waals surface area (Å²) in [6.45, 7) is 7.10. The first-order chi connectivity index (χ1) is 13.8. The third-order valence-corrected chi connectivity index (χ3v) is 8.87. The molecule has 29 heavy (non-hydrogen) atoms. The Morgan fingerprint density at radius 3 is 2.66 bits per heavy atom. The predicted octanol–water partition coefficient (Wildman–Crippen LogP) is 4.02. The Labute approximate surface area is 180 Å². The van der Waals surface area contributed by atoms with Gasteiger partial charge in [-0.25, -0.2) is 8.42 Å². The molecule has 0 spiro atoms. The monoisotopic (exact) mass is 454 g/mol. The highest BCUT2D eigenvalue weighted by molar-refractivity contribution is 8.01. The summed E-state index contributed by atoms with van der Waals surface area (Å²) in [5.41, 5.74) is 1.04. The largest absolute Gasteiger partial charge is 0.296 e. The number of benzene rings is 1. The Balaban J connectivity index is 1.76. The van der Waals surface area contributed by atoms with E-state index < -0.39 is 10.0 Å². The number of anilines is 1. The molecule has 1 aromatic heterocycles. The van der Waals surface area contributed by atoms with Gasteiger partial charge in [-0.1, -0.05) is 49.4 Å². The maximum absolute atomic E-state index is 12.9. The maximum atomic E-state index is 12.9. The number of sulfonamides is 1. The first kappa shape index (κ1) is 22.2. The molecule has 1 saturated heterocycles. The van der Waals surface area contributed by atoms with Crippen molar-refractivity contribution in [2.75, 3.05) is 24.2 Å². The molecule has 2 heterocycles. The number of amides is 1. The number of nitrogens with zero attached hydrogens (tertiary/aromatic N) is 3. The summed E-state index contributed by atoms with van der Waals surface area (Å²) >= 11 is 2.92. The van der Waals surface area contributed by atoms with Gasteiger partial charge in [-0.3, -0.25) is 10.1 Å². The summed E-state index contributed by atoms with van der Waals surface area (Å²) < 4.78 is 28.2. The smallest absolute Gasteiger partial charge is 0.257 e. The van der Waals surface area contributed by atoms with E-state index in [4.69, 9.17) is 0 Å². The number of aryl methyl sites for hydroxylation is 1. The van der Waals surface area contributed by atoms with Gasteiger partial charge in [0, 0.05) is 24.4 Å². The number of carbonyl (C=O) groups excluding carboxylic acids is 1. The van der Waals surface area contributed by atoms with E-state index in [9.17, 15) is 13.2 Å². The molecular weight excluding hydrogens is 428 g/mol. The van der Waals surface area contributed by atoms with Crippen molar-refractivity contribution in [3.63, 3.8) is 0 Å². The minimum absolute atomic E-state index is 0.153. The van der Waals surface area contributed by atoms with Gasteiger partial charge >= 0.3 is 0 Å². The van der Waals surface area contributed by atoms with Crippen LogP contribution in [0.4, 0.5) is 5.13 Å². The zero-order valence-corrected chi connectivity index (χ0v) is 19.3. The van der Waals surface area contributed by atoms with Crippen LogP contribution < -0.4 is 5.32 Å². The Morgan fingerprint density at radius 1 is 1.24 bits per heavy atom. The van der Waals surface area contributed by atoms with Crippen LogP contribution in [0.15, 0.2) is 27.4 Å². The molecule has 0 saturated carbocycles. The zero-order chi connectivity index (χ0) is 21.0. The molecule has 1 aliphatic rings. The number of aromatic nitrogens is 2. The number of thioether (sulfide) groups is 1. The van der Waals surface area contributed by atoms with Crippen molar-refractivity contribution < 1.29 is 13.2 Å². The van der Waals surface area contributed by atoms with Gasteiger partial charge in [-0.15, -0.1) is 10.2 Å². The van der Waals surface area contributed by atoms with E-state index >= 15 is 0 Å².